The Bertz CT molecular complexity index is 107. The van der Waals surface area contributed by atoms with Gasteiger partial charge in [0.2, 0.25) is 0 Å². The molecule has 0 aromatic rings. The van der Waals surface area contributed by atoms with Crippen LogP contribution in [0.1, 0.15) is 20.8 Å². The minimum atomic E-state index is 0.224. The topological polar surface area (TPSA) is 38.5 Å². The van der Waals surface area contributed by atoms with Crippen molar-refractivity contribution < 1.29 is 4.74 Å². The smallest absolute Gasteiger partial charge is 0.0589 e. The van der Waals surface area contributed by atoms with Gasteiger partial charge in [-0.25, -0.2) is 0 Å². The van der Waals surface area contributed by atoms with Gasteiger partial charge in [0, 0.05) is 25.7 Å². The van der Waals surface area contributed by atoms with Crippen molar-refractivity contribution in [1.29, 1.82) is 0 Å². The highest BCUT2D eigenvalue weighted by Crippen LogP contribution is 2.01. The van der Waals surface area contributed by atoms with Crippen LogP contribution in [0, 0.1) is 0 Å². The van der Waals surface area contributed by atoms with E-state index in [0.717, 1.165) is 19.7 Å². The van der Waals surface area contributed by atoms with Gasteiger partial charge in [0.1, 0.15) is 0 Å². The monoisotopic (exact) mass is 174 g/mol. The van der Waals surface area contributed by atoms with Crippen LogP contribution >= 0.6 is 0 Å². The molecule has 0 bridgehead atoms. The van der Waals surface area contributed by atoms with Crippen molar-refractivity contribution in [1.82, 2.24) is 4.90 Å². The van der Waals surface area contributed by atoms with Crippen LogP contribution in [0.15, 0.2) is 0 Å². The summed E-state index contributed by atoms with van der Waals surface area (Å²) >= 11 is 0. The minimum absolute atomic E-state index is 0.224. The SMILES string of the molecule is CCN(CCOC)C(C)C(C)N. The van der Waals surface area contributed by atoms with Gasteiger partial charge in [-0.15, -0.1) is 0 Å². The second kappa shape index (κ2) is 6.40. The van der Waals surface area contributed by atoms with Crippen LogP contribution < -0.4 is 5.73 Å². The normalized spacial score (nSPS) is 16.5. The number of methoxy groups -OCH3 is 1. The van der Waals surface area contributed by atoms with Crippen molar-refractivity contribution in [3.8, 4) is 0 Å². The first-order valence-electron chi connectivity index (χ1n) is 4.62. The highest BCUT2D eigenvalue weighted by Gasteiger charge is 2.14. The van der Waals surface area contributed by atoms with Crippen molar-refractivity contribution in [2.45, 2.75) is 32.9 Å². The van der Waals surface area contributed by atoms with Gasteiger partial charge in [-0.1, -0.05) is 6.92 Å². The lowest BCUT2D eigenvalue weighted by atomic mass is 10.1. The van der Waals surface area contributed by atoms with E-state index in [0.29, 0.717) is 6.04 Å². The molecule has 0 spiro atoms. The number of rotatable bonds is 6. The lowest BCUT2D eigenvalue weighted by Crippen LogP contribution is -2.45. The van der Waals surface area contributed by atoms with Crippen LogP contribution in [0.3, 0.4) is 0 Å². The molecule has 12 heavy (non-hydrogen) atoms. The molecule has 0 saturated carbocycles. The first-order valence-corrected chi connectivity index (χ1v) is 4.62. The van der Waals surface area contributed by atoms with Crippen LogP contribution in [0.4, 0.5) is 0 Å². The molecule has 2 atom stereocenters. The summed E-state index contributed by atoms with van der Waals surface area (Å²) in [6.07, 6.45) is 0. The number of hydrogen-bond donors (Lipinski definition) is 1. The fourth-order valence-corrected chi connectivity index (χ4v) is 1.19. The predicted molar refractivity (Wildman–Crippen MR) is 52.2 cm³/mol. The van der Waals surface area contributed by atoms with Crippen LogP contribution in [0.25, 0.3) is 0 Å². The molecule has 0 aliphatic rings. The number of ether oxygens (including phenoxy) is 1. The molecule has 0 amide bonds. The molecule has 0 heterocycles. The van der Waals surface area contributed by atoms with Gasteiger partial charge in [-0.2, -0.15) is 0 Å². The average Bonchev–Trinajstić information content (AvgIpc) is 2.05. The molecule has 2 N–H and O–H groups in total. The lowest BCUT2D eigenvalue weighted by molar-refractivity contribution is 0.121. The molecule has 0 aliphatic carbocycles. The predicted octanol–water partition coefficient (Wildman–Crippen LogP) is 0.690. The maximum atomic E-state index is 5.80. The van der Waals surface area contributed by atoms with Crippen LogP contribution in [-0.2, 0) is 4.74 Å². The van der Waals surface area contributed by atoms with Gasteiger partial charge >= 0.3 is 0 Å². The Morgan fingerprint density at radius 1 is 1.42 bits per heavy atom. The third-order valence-corrected chi connectivity index (χ3v) is 2.33. The lowest BCUT2D eigenvalue weighted by Gasteiger charge is -2.30. The van der Waals surface area contributed by atoms with E-state index in [1.165, 1.54) is 0 Å². The molecule has 0 saturated heterocycles. The molecule has 0 rings (SSSR count). The largest absolute Gasteiger partial charge is 0.383 e. The Morgan fingerprint density at radius 3 is 2.33 bits per heavy atom. The van der Waals surface area contributed by atoms with E-state index in [4.69, 9.17) is 10.5 Å². The zero-order valence-electron chi connectivity index (χ0n) is 8.71. The summed E-state index contributed by atoms with van der Waals surface area (Å²) in [4.78, 5) is 2.33. The van der Waals surface area contributed by atoms with Gasteiger partial charge in [0.15, 0.2) is 0 Å². The highest BCUT2D eigenvalue weighted by molar-refractivity contribution is 4.73. The zero-order valence-corrected chi connectivity index (χ0v) is 8.71. The van der Waals surface area contributed by atoms with Crippen LogP contribution in [-0.4, -0.2) is 43.8 Å². The highest BCUT2D eigenvalue weighted by atomic mass is 16.5. The molecular weight excluding hydrogens is 152 g/mol. The molecule has 3 heteroatoms. The Morgan fingerprint density at radius 2 is 2.00 bits per heavy atom. The number of likely N-dealkylation sites (N-methyl/N-ethyl adjacent to an activating group) is 1. The summed E-state index contributed by atoms with van der Waals surface area (Å²) in [7, 11) is 1.73. The summed E-state index contributed by atoms with van der Waals surface area (Å²) in [5.74, 6) is 0. The number of nitrogens with zero attached hydrogens (tertiary/aromatic N) is 1. The Labute approximate surface area is 75.9 Å². The molecule has 0 aromatic carbocycles. The molecule has 0 aliphatic heterocycles. The number of nitrogens with two attached hydrogens (primary N) is 1. The number of hydrogen-bond acceptors (Lipinski definition) is 3. The quantitative estimate of drug-likeness (QED) is 0.644. The third kappa shape index (κ3) is 4.04. The maximum Gasteiger partial charge on any atom is 0.0589 e. The summed E-state index contributed by atoms with van der Waals surface area (Å²) in [6, 6.07) is 0.659. The second-order valence-electron chi connectivity index (χ2n) is 3.22. The van der Waals surface area contributed by atoms with Crippen molar-refractivity contribution in [3.63, 3.8) is 0 Å². The van der Waals surface area contributed by atoms with E-state index < -0.39 is 0 Å². The average molecular weight is 174 g/mol. The van der Waals surface area contributed by atoms with Crippen LogP contribution in [0.5, 0.6) is 0 Å². The van der Waals surface area contributed by atoms with E-state index >= 15 is 0 Å². The summed E-state index contributed by atoms with van der Waals surface area (Å²) in [5.41, 5.74) is 5.80. The van der Waals surface area contributed by atoms with Gasteiger partial charge in [0.05, 0.1) is 6.61 Å². The molecule has 2 unspecified atom stereocenters. The molecule has 0 fully saturated rings. The minimum Gasteiger partial charge on any atom is -0.383 e. The maximum absolute atomic E-state index is 5.80. The standard InChI is InChI=1S/C9H22N2O/c1-5-11(6-7-12-4)9(3)8(2)10/h8-9H,5-7,10H2,1-4H3. The van der Waals surface area contributed by atoms with Gasteiger partial charge in [0.25, 0.3) is 0 Å². The second-order valence-corrected chi connectivity index (χ2v) is 3.22. The summed E-state index contributed by atoms with van der Waals surface area (Å²) in [5, 5.41) is 0. The molecule has 0 aromatic heterocycles. The first kappa shape index (κ1) is 11.9. The van der Waals surface area contributed by atoms with E-state index in [9.17, 15) is 0 Å². The van der Waals surface area contributed by atoms with Gasteiger partial charge in [-0.05, 0) is 20.4 Å². The zero-order chi connectivity index (χ0) is 9.56. The van der Waals surface area contributed by atoms with E-state index in [1.54, 1.807) is 7.11 Å². The van der Waals surface area contributed by atoms with Crippen LogP contribution in [0.2, 0.25) is 0 Å². The Balaban J connectivity index is 3.79. The Hall–Kier alpha value is -0.120. The van der Waals surface area contributed by atoms with Gasteiger partial charge < -0.3 is 10.5 Å². The van der Waals surface area contributed by atoms with Crippen molar-refractivity contribution in [2.24, 2.45) is 5.73 Å². The Kier molecular flexibility index (Phi) is 6.34. The third-order valence-electron chi connectivity index (χ3n) is 2.33. The van der Waals surface area contributed by atoms with E-state index in [2.05, 4.69) is 18.7 Å². The van der Waals surface area contributed by atoms with Crippen molar-refractivity contribution in [2.75, 3.05) is 26.8 Å². The summed E-state index contributed by atoms with van der Waals surface area (Å²) < 4.78 is 5.02. The fourth-order valence-electron chi connectivity index (χ4n) is 1.19. The molecular formula is C9H22N2O. The molecule has 3 nitrogen and oxygen atoms in total. The molecule has 0 radical (unpaired) electrons. The molecule has 74 valence electrons. The first-order chi connectivity index (χ1) is 5.63. The fraction of sp³-hybridized carbons (Fsp3) is 1.00. The van der Waals surface area contributed by atoms with Gasteiger partial charge in [-0.3, -0.25) is 4.90 Å². The van der Waals surface area contributed by atoms with E-state index in [-0.39, 0.29) is 6.04 Å². The van der Waals surface area contributed by atoms with E-state index in [1.807, 2.05) is 6.92 Å². The van der Waals surface area contributed by atoms with Crippen molar-refractivity contribution >= 4 is 0 Å². The summed E-state index contributed by atoms with van der Waals surface area (Å²) in [6.45, 7) is 9.13. The van der Waals surface area contributed by atoms with Crippen molar-refractivity contribution in [3.05, 3.63) is 0 Å².